The van der Waals surface area contributed by atoms with E-state index in [0.29, 0.717) is 18.5 Å². The van der Waals surface area contributed by atoms with Crippen molar-refractivity contribution in [2.45, 2.75) is 32.8 Å². The third-order valence-electron chi connectivity index (χ3n) is 3.20. The normalized spacial score (nSPS) is 17.4. The molecule has 1 aromatic carbocycles. The molecule has 1 aliphatic rings. The Morgan fingerprint density at radius 1 is 1.47 bits per heavy atom. The number of hydrogen-bond acceptors (Lipinski definition) is 5. The molecule has 0 spiro atoms. The highest BCUT2D eigenvalue weighted by Gasteiger charge is 2.38. The molecular weight excluding hydrogens is 247 g/mol. The van der Waals surface area contributed by atoms with Crippen molar-refractivity contribution in [2.75, 3.05) is 6.61 Å². The summed E-state index contributed by atoms with van der Waals surface area (Å²) >= 11 is 0. The monoisotopic (exact) mass is 264 g/mol. The summed E-state index contributed by atoms with van der Waals surface area (Å²) in [6, 6.07) is 3.11. The average molecular weight is 264 g/mol. The van der Waals surface area contributed by atoms with Gasteiger partial charge in [-0.3, -0.25) is 4.79 Å². The number of phenolic OH excluding ortho intramolecular Hbond substituents is 1. The van der Waals surface area contributed by atoms with Crippen LogP contribution in [0.25, 0.3) is 0 Å². The lowest BCUT2D eigenvalue weighted by Crippen LogP contribution is -2.28. The first-order valence-electron chi connectivity index (χ1n) is 6.41. The van der Waals surface area contributed by atoms with Crippen LogP contribution in [0.3, 0.4) is 0 Å². The van der Waals surface area contributed by atoms with Gasteiger partial charge in [0.15, 0.2) is 0 Å². The molecule has 0 aromatic heterocycles. The lowest BCUT2D eigenvalue weighted by Gasteiger charge is -2.14. The summed E-state index contributed by atoms with van der Waals surface area (Å²) in [5.74, 6) is -0.266. The fraction of sp³-hybridized carbons (Fsp3) is 0.462. The van der Waals surface area contributed by atoms with Crippen molar-refractivity contribution >= 4 is 18.6 Å². The van der Waals surface area contributed by atoms with Gasteiger partial charge in [0.25, 0.3) is 0 Å². The number of carbonyl (C=O) groups excluding carboxylic acids is 1. The van der Waals surface area contributed by atoms with Crippen LogP contribution in [0.15, 0.2) is 12.1 Å². The van der Waals surface area contributed by atoms with Crippen LogP contribution in [-0.4, -0.2) is 29.8 Å². The number of hydrogen-bond donors (Lipinski definition) is 2. The molecule has 1 aliphatic heterocycles. The van der Waals surface area contributed by atoms with Gasteiger partial charge in [0.05, 0.1) is 19.1 Å². The number of fused-ring (bicyclic) bond motifs is 1. The molecule has 0 radical (unpaired) electrons. The number of carbonyl (C=O) groups is 1. The summed E-state index contributed by atoms with van der Waals surface area (Å²) in [4.78, 5) is 11.5. The third kappa shape index (κ3) is 2.74. The van der Waals surface area contributed by atoms with Crippen LogP contribution in [0, 0.1) is 0 Å². The topological polar surface area (TPSA) is 76.0 Å². The summed E-state index contributed by atoms with van der Waals surface area (Å²) in [5, 5.41) is 19.5. The van der Waals surface area contributed by atoms with E-state index in [1.54, 1.807) is 13.0 Å². The molecule has 1 atom stereocenters. The number of aromatic hydroxyl groups is 1. The zero-order chi connectivity index (χ0) is 14.0. The summed E-state index contributed by atoms with van der Waals surface area (Å²) in [6.45, 7) is 4.00. The maximum absolute atomic E-state index is 11.5. The van der Waals surface area contributed by atoms with E-state index in [0.717, 1.165) is 11.1 Å². The van der Waals surface area contributed by atoms with E-state index in [-0.39, 0.29) is 18.1 Å². The Labute approximate surface area is 112 Å². The van der Waals surface area contributed by atoms with Gasteiger partial charge in [-0.15, -0.1) is 0 Å². The Balaban J connectivity index is 2.31. The molecule has 0 bridgehead atoms. The molecule has 1 aromatic rings. The van der Waals surface area contributed by atoms with Gasteiger partial charge in [0.2, 0.25) is 0 Å². The maximum Gasteiger partial charge on any atom is 0.492 e. The van der Waals surface area contributed by atoms with Crippen LogP contribution in [0.4, 0.5) is 0 Å². The summed E-state index contributed by atoms with van der Waals surface area (Å²) < 4.78 is 10.3. The number of benzene rings is 1. The van der Waals surface area contributed by atoms with E-state index >= 15 is 0 Å². The van der Waals surface area contributed by atoms with Crippen molar-refractivity contribution in [1.29, 1.82) is 0 Å². The Kier molecular flexibility index (Phi) is 4.12. The van der Waals surface area contributed by atoms with Gasteiger partial charge in [-0.1, -0.05) is 6.92 Å². The Morgan fingerprint density at radius 3 is 2.84 bits per heavy atom. The SMILES string of the molecule is CCOC(=O)CC1OB(O)c2cc(O)cc(CC)c21. The summed E-state index contributed by atoms with van der Waals surface area (Å²) in [6.07, 6.45) is 0.238. The Morgan fingerprint density at radius 2 is 2.21 bits per heavy atom. The predicted molar refractivity (Wildman–Crippen MR) is 70.2 cm³/mol. The molecule has 102 valence electrons. The van der Waals surface area contributed by atoms with Crippen LogP contribution < -0.4 is 5.46 Å². The fourth-order valence-electron chi connectivity index (χ4n) is 2.43. The molecular formula is C13H17BO5. The Hall–Kier alpha value is -1.53. The number of ether oxygens (including phenoxy) is 1. The zero-order valence-electron chi connectivity index (χ0n) is 11.0. The van der Waals surface area contributed by atoms with Crippen molar-refractivity contribution in [2.24, 2.45) is 0 Å². The molecule has 1 heterocycles. The smallest absolute Gasteiger partial charge is 0.492 e. The molecule has 19 heavy (non-hydrogen) atoms. The molecule has 6 heteroatoms. The first-order valence-corrected chi connectivity index (χ1v) is 6.41. The Bertz CT molecular complexity index is 488. The molecule has 0 fully saturated rings. The largest absolute Gasteiger partial charge is 0.508 e. The van der Waals surface area contributed by atoms with Crippen LogP contribution in [0.5, 0.6) is 5.75 Å². The van der Waals surface area contributed by atoms with Crippen LogP contribution in [0.2, 0.25) is 0 Å². The van der Waals surface area contributed by atoms with Crippen molar-refractivity contribution < 1.29 is 24.3 Å². The molecule has 0 saturated carbocycles. The van der Waals surface area contributed by atoms with Gasteiger partial charge < -0.3 is 19.5 Å². The third-order valence-corrected chi connectivity index (χ3v) is 3.20. The highest BCUT2D eigenvalue weighted by molar-refractivity contribution is 6.62. The second kappa shape index (κ2) is 5.63. The molecule has 2 N–H and O–H groups in total. The van der Waals surface area contributed by atoms with E-state index in [1.165, 1.54) is 6.07 Å². The van der Waals surface area contributed by atoms with Gasteiger partial charge in [0, 0.05) is 0 Å². The first kappa shape index (κ1) is 13.9. The van der Waals surface area contributed by atoms with Gasteiger partial charge in [0.1, 0.15) is 5.75 Å². The molecule has 1 unspecified atom stereocenters. The molecule has 0 saturated heterocycles. The maximum atomic E-state index is 11.5. The quantitative estimate of drug-likeness (QED) is 0.617. The van der Waals surface area contributed by atoms with Crippen LogP contribution >= 0.6 is 0 Å². The number of rotatable bonds is 4. The van der Waals surface area contributed by atoms with Gasteiger partial charge in [-0.2, -0.15) is 0 Å². The zero-order valence-corrected chi connectivity index (χ0v) is 11.0. The van der Waals surface area contributed by atoms with Crippen molar-refractivity contribution in [1.82, 2.24) is 0 Å². The van der Waals surface area contributed by atoms with Crippen LogP contribution in [0.1, 0.15) is 37.5 Å². The lowest BCUT2D eigenvalue weighted by atomic mass is 9.77. The first-order chi connectivity index (χ1) is 9.06. The highest BCUT2D eigenvalue weighted by Crippen LogP contribution is 2.32. The van der Waals surface area contributed by atoms with Crippen molar-refractivity contribution in [3.8, 4) is 5.75 Å². The highest BCUT2D eigenvalue weighted by atomic mass is 16.5. The predicted octanol–water partition coefficient (Wildman–Crippen LogP) is 0.667. The molecule has 5 nitrogen and oxygen atoms in total. The molecule has 0 amide bonds. The molecule has 0 aliphatic carbocycles. The number of esters is 1. The minimum Gasteiger partial charge on any atom is -0.508 e. The number of phenols is 1. The standard InChI is InChI=1S/C13H17BO5/c1-3-8-5-9(15)6-10-13(8)11(19-14(10)17)7-12(16)18-4-2/h5-6,11,15,17H,3-4,7H2,1-2H3. The van der Waals surface area contributed by atoms with E-state index < -0.39 is 13.2 Å². The second-order valence-electron chi connectivity index (χ2n) is 4.45. The van der Waals surface area contributed by atoms with Crippen LogP contribution in [-0.2, 0) is 20.6 Å². The fourth-order valence-corrected chi connectivity index (χ4v) is 2.43. The summed E-state index contributed by atoms with van der Waals surface area (Å²) in [7, 11) is -1.10. The van der Waals surface area contributed by atoms with Crippen molar-refractivity contribution in [3.05, 3.63) is 23.3 Å². The average Bonchev–Trinajstić information content (AvgIpc) is 2.65. The number of aryl methyl sites for hydroxylation is 1. The van der Waals surface area contributed by atoms with Gasteiger partial charge in [-0.05, 0) is 42.1 Å². The minimum atomic E-state index is -1.10. The van der Waals surface area contributed by atoms with Crippen molar-refractivity contribution in [3.63, 3.8) is 0 Å². The van der Waals surface area contributed by atoms with E-state index in [9.17, 15) is 14.9 Å². The van der Waals surface area contributed by atoms with E-state index in [1.807, 2.05) is 6.92 Å². The second-order valence-corrected chi connectivity index (χ2v) is 4.45. The summed E-state index contributed by atoms with van der Waals surface area (Å²) in [5.41, 5.74) is 2.20. The molecule has 2 rings (SSSR count). The van der Waals surface area contributed by atoms with E-state index in [4.69, 9.17) is 9.39 Å². The van der Waals surface area contributed by atoms with Gasteiger partial charge >= 0.3 is 13.1 Å². The lowest BCUT2D eigenvalue weighted by molar-refractivity contribution is -0.145. The van der Waals surface area contributed by atoms with Gasteiger partial charge in [-0.25, -0.2) is 0 Å². The van der Waals surface area contributed by atoms with E-state index in [2.05, 4.69) is 0 Å². The minimum absolute atomic E-state index is 0.0652.